The number of carbonyl (C=O) groups excluding carboxylic acids is 2. The number of allylic oxidation sites excluding steroid dienone is 3. The zero-order valence-electron chi connectivity index (χ0n) is 12.9. The molecule has 1 heterocycles. The minimum Gasteiger partial charge on any atom is -0.348 e. The van der Waals surface area contributed by atoms with Crippen LogP contribution in [-0.4, -0.2) is 18.4 Å². The lowest BCUT2D eigenvalue weighted by Crippen LogP contribution is -2.35. The molecule has 0 aliphatic carbocycles. The third kappa shape index (κ3) is 4.58. The number of piperidine rings is 1. The number of amides is 2. The normalized spacial score (nSPS) is 15.7. The summed E-state index contributed by atoms with van der Waals surface area (Å²) in [6.07, 6.45) is 9.52. The Labute approximate surface area is 131 Å². The van der Waals surface area contributed by atoms with Crippen LogP contribution < -0.4 is 10.2 Å². The molecule has 1 aromatic carbocycles. The zero-order chi connectivity index (χ0) is 15.8. The second-order valence-electron chi connectivity index (χ2n) is 5.28. The van der Waals surface area contributed by atoms with Crippen molar-refractivity contribution in [2.75, 3.05) is 11.4 Å². The maximum atomic E-state index is 12.0. The van der Waals surface area contributed by atoms with Crippen molar-refractivity contribution in [3.05, 3.63) is 54.1 Å². The van der Waals surface area contributed by atoms with E-state index in [1.807, 2.05) is 48.2 Å². The number of nitrogens with zero attached hydrogens (tertiary/aromatic N) is 1. The molecule has 0 spiro atoms. The van der Waals surface area contributed by atoms with Crippen LogP contribution in [0.25, 0.3) is 0 Å². The number of anilines is 1. The van der Waals surface area contributed by atoms with Crippen LogP contribution in [0.15, 0.2) is 48.6 Å². The highest BCUT2D eigenvalue weighted by Crippen LogP contribution is 2.21. The molecular weight excluding hydrogens is 276 g/mol. The Morgan fingerprint density at radius 1 is 1.32 bits per heavy atom. The molecule has 1 N–H and O–H groups in total. The smallest absolute Gasteiger partial charge is 0.244 e. The molecular formula is C18H22N2O2. The molecule has 1 aliphatic rings. The van der Waals surface area contributed by atoms with Gasteiger partial charge in [-0.3, -0.25) is 9.59 Å². The minimum atomic E-state index is -0.127. The van der Waals surface area contributed by atoms with E-state index < -0.39 is 0 Å². The number of hydrogen-bond acceptors (Lipinski definition) is 2. The van der Waals surface area contributed by atoms with Gasteiger partial charge in [-0.15, -0.1) is 0 Å². The molecule has 0 saturated carbocycles. The largest absolute Gasteiger partial charge is 0.348 e. The van der Waals surface area contributed by atoms with Crippen molar-refractivity contribution in [3.63, 3.8) is 0 Å². The van der Waals surface area contributed by atoms with Crippen LogP contribution >= 0.6 is 0 Å². The average Bonchev–Trinajstić information content (AvgIpc) is 2.54. The van der Waals surface area contributed by atoms with Gasteiger partial charge < -0.3 is 10.2 Å². The summed E-state index contributed by atoms with van der Waals surface area (Å²) in [5, 5.41) is 2.84. The van der Waals surface area contributed by atoms with E-state index in [1.165, 1.54) is 6.08 Å². The van der Waals surface area contributed by atoms with Crippen LogP contribution in [0.4, 0.5) is 5.69 Å². The Morgan fingerprint density at radius 2 is 2.18 bits per heavy atom. The number of benzene rings is 1. The van der Waals surface area contributed by atoms with E-state index in [-0.39, 0.29) is 11.8 Å². The molecule has 0 bridgehead atoms. The van der Waals surface area contributed by atoms with E-state index in [1.54, 1.807) is 6.08 Å². The van der Waals surface area contributed by atoms with Gasteiger partial charge in [0.1, 0.15) is 0 Å². The molecule has 2 rings (SSSR count). The van der Waals surface area contributed by atoms with Crippen molar-refractivity contribution in [2.24, 2.45) is 0 Å². The summed E-state index contributed by atoms with van der Waals surface area (Å²) in [7, 11) is 0. The standard InChI is InChI=1S/C18H22N2O2/c1-2-3-4-10-17(21)19-14-15-8-7-9-16(13-15)20-12-6-5-11-18(20)22/h2-4,7-10,13H,5-6,11-12,14H2,1H3,(H,19,21). The van der Waals surface area contributed by atoms with E-state index in [0.29, 0.717) is 13.0 Å². The first-order chi connectivity index (χ1) is 10.7. The van der Waals surface area contributed by atoms with Crippen LogP contribution in [0.3, 0.4) is 0 Å². The van der Waals surface area contributed by atoms with Gasteiger partial charge in [-0.1, -0.05) is 30.4 Å². The summed E-state index contributed by atoms with van der Waals surface area (Å²) >= 11 is 0. The number of nitrogens with one attached hydrogen (secondary N) is 1. The van der Waals surface area contributed by atoms with Crippen LogP contribution in [0.1, 0.15) is 31.7 Å². The number of rotatable bonds is 5. The number of carbonyl (C=O) groups is 2. The Kier molecular flexibility index (Phi) is 5.95. The van der Waals surface area contributed by atoms with E-state index in [0.717, 1.165) is 30.6 Å². The molecule has 116 valence electrons. The van der Waals surface area contributed by atoms with E-state index in [4.69, 9.17) is 0 Å². The fourth-order valence-corrected chi connectivity index (χ4v) is 2.42. The second kappa shape index (κ2) is 8.17. The summed E-state index contributed by atoms with van der Waals surface area (Å²) in [5.74, 6) is 0.0549. The summed E-state index contributed by atoms with van der Waals surface area (Å²) < 4.78 is 0. The lowest BCUT2D eigenvalue weighted by atomic mass is 10.1. The maximum absolute atomic E-state index is 12.0. The fourth-order valence-electron chi connectivity index (χ4n) is 2.42. The average molecular weight is 298 g/mol. The topological polar surface area (TPSA) is 49.4 Å². The van der Waals surface area contributed by atoms with Crippen molar-refractivity contribution in [3.8, 4) is 0 Å². The summed E-state index contributed by atoms with van der Waals surface area (Å²) in [5.41, 5.74) is 1.91. The molecule has 0 unspecified atom stereocenters. The van der Waals surface area contributed by atoms with Crippen LogP contribution in [0, 0.1) is 0 Å². The lowest BCUT2D eigenvalue weighted by Gasteiger charge is -2.27. The third-order valence-electron chi connectivity index (χ3n) is 3.56. The molecule has 0 atom stereocenters. The lowest BCUT2D eigenvalue weighted by molar-refractivity contribution is -0.119. The molecule has 0 radical (unpaired) electrons. The van der Waals surface area contributed by atoms with E-state index in [9.17, 15) is 9.59 Å². The first-order valence-electron chi connectivity index (χ1n) is 7.67. The molecule has 0 aromatic heterocycles. The Morgan fingerprint density at radius 3 is 2.95 bits per heavy atom. The maximum Gasteiger partial charge on any atom is 0.244 e. The first kappa shape index (κ1) is 16.0. The molecule has 22 heavy (non-hydrogen) atoms. The fraction of sp³-hybridized carbons (Fsp3) is 0.333. The highest BCUT2D eigenvalue weighted by molar-refractivity contribution is 5.94. The zero-order valence-corrected chi connectivity index (χ0v) is 12.9. The van der Waals surface area contributed by atoms with Crippen molar-refractivity contribution in [1.29, 1.82) is 0 Å². The van der Waals surface area contributed by atoms with Gasteiger partial charge in [-0.2, -0.15) is 0 Å². The van der Waals surface area contributed by atoms with E-state index in [2.05, 4.69) is 5.32 Å². The van der Waals surface area contributed by atoms with Gasteiger partial charge in [-0.05, 0) is 37.5 Å². The Balaban J connectivity index is 1.96. The molecule has 1 fully saturated rings. The second-order valence-corrected chi connectivity index (χ2v) is 5.28. The number of hydrogen-bond donors (Lipinski definition) is 1. The monoisotopic (exact) mass is 298 g/mol. The van der Waals surface area contributed by atoms with Gasteiger partial charge in [0.15, 0.2) is 0 Å². The highest BCUT2D eigenvalue weighted by atomic mass is 16.2. The molecule has 2 amide bonds. The molecule has 4 nitrogen and oxygen atoms in total. The molecule has 4 heteroatoms. The van der Waals surface area contributed by atoms with Gasteiger partial charge >= 0.3 is 0 Å². The SMILES string of the molecule is CC=CC=CC(=O)NCc1cccc(N2CCCCC2=O)c1. The van der Waals surface area contributed by atoms with Crippen LogP contribution in [0.5, 0.6) is 0 Å². The van der Waals surface area contributed by atoms with Crippen molar-refractivity contribution in [1.82, 2.24) is 5.32 Å². The summed E-state index contributed by atoms with van der Waals surface area (Å²) in [6.45, 7) is 3.13. The predicted molar refractivity (Wildman–Crippen MR) is 88.4 cm³/mol. The van der Waals surface area contributed by atoms with E-state index >= 15 is 0 Å². The molecule has 1 aromatic rings. The third-order valence-corrected chi connectivity index (χ3v) is 3.56. The minimum absolute atomic E-state index is 0.127. The van der Waals surface area contributed by atoms with Crippen molar-refractivity contribution in [2.45, 2.75) is 32.7 Å². The van der Waals surface area contributed by atoms with Crippen LogP contribution in [0.2, 0.25) is 0 Å². The van der Waals surface area contributed by atoms with Gasteiger partial charge in [0.2, 0.25) is 11.8 Å². The Hall–Kier alpha value is -2.36. The molecule has 1 saturated heterocycles. The molecule has 1 aliphatic heterocycles. The van der Waals surface area contributed by atoms with Crippen LogP contribution in [-0.2, 0) is 16.1 Å². The van der Waals surface area contributed by atoms with Crippen molar-refractivity contribution >= 4 is 17.5 Å². The van der Waals surface area contributed by atoms with Gasteiger partial charge in [0, 0.05) is 31.3 Å². The predicted octanol–water partition coefficient (Wildman–Crippen LogP) is 2.95. The van der Waals surface area contributed by atoms with Gasteiger partial charge in [-0.25, -0.2) is 0 Å². The van der Waals surface area contributed by atoms with Crippen molar-refractivity contribution < 1.29 is 9.59 Å². The highest BCUT2D eigenvalue weighted by Gasteiger charge is 2.19. The summed E-state index contributed by atoms with van der Waals surface area (Å²) in [4.78, 5) is 25.4. The Bertz CT molecular complexity index is 591. The summed E-state index contributed by atoms with van der Waals surface area (Å²) in [6, 6.07) is 7.79. The quantitative estimate of drug-likeness (QED) is 0.671. The van der Waals surface area contributed by atoms with Gasteiger partial charge in [0.05, 0.1) is 0 Å². The van der Waals surface area contributed by atoms with Gasteiger partial charge in [0.25, 0.3) is 0 Å². The first-order valence-corrected chi connectivity index (χ1v) is 7.67.